The van der Waals surface area contributed by atoms with Gasteiger partial charge in [-0.3, -0.25) is 0 Å². The van der Waals surface area contributed by atoms with Crippen LogP contribution in [0, 0.1) is 5.92 Å². The SMILES string of the molecule is CNC1CC=C(c2cc(SC)ccc2OCC2CC2)C=C1N(C)C. The molecular weight excluding hydrogens is 316 g/mol. The van der Waals surface area contributed by atoms with Gasteiger partial charge in [0.15, 0.2) is 0 Å². The van der Waals surface area contributed by atoms with Gasteiger partial charge in [-0.1, -0.05) is 6.08 Å². The molecule has 3 rings (SSSR count). The molecule has 1 unspecified atom stereocenters. The van der Waals surface area contributed by atoms with Gasteiger partial charge in [-0.2, -0.15) is 0 Å². The van der Waals surface area contributed by atoms with Crippen LogP contribution in [0.3, 0.4) is 0 Å². The number of hydrogen-bond acceptors (Lipinski definition) is 4. The van der Waals surface area contributed by atoms with Crippen molar-refractivity contribution in [1.29, 1.82) is 0 Å². The molecule has 4 heteroatoms. The standard InChI is InChI=1S/C20H28N2OS/c1-21-18-9-7-15(11-19(18)22(2)3)17-12-16(24-4)8-10-20(17)23-13-14-5-6-14/h7-8,10-12,14,18,21H,5-6,9,13H2,1-4H3. The van der Waals surface area contributed by atoms with Crippen molar-refractivity contribution in [2.24, 2.45) is 5.92 Å². The minimum absolute atomic E-state index is 0.378. The predicted octanol–water partition coefficient (Wildman–Crippen LogP) is 4.02. The first-order valence-corrected chi connectivity index (χ1v) is 9.92. The number of hydrogen-bond donors (Lipinski definition) is 1. The van der Waals surface area contributed by atoms with E-state index in [1.165, 1.54) is 34.6 Å². The van der Waals surface area contributed by atoms with Crippen molar-refractivity contribution in [2.45, 2.75) is 30.2 Å². The minimum atomic E-state index is 0.378. The van der Waals surface area contributed by atoms with Gasteiger partial charge in [0.2, 0.25) is 0 Å². The molecule has 2 aliphatic carbocycles. The van der Waals surface area contributed by atoms with Crippen molar-refractivity contribution in [3.8, 4) is 5.75 Å². The maximum absolute atomic E-state index is 6.15. The molecule has 0 heterocycles. The molecule has 1 saturated carbocycles. The van der Waals surface area contributed by atoms with Crippen molar-refractivity contribution < 1.29 is 4.74 Å². The molecule has 0 saturated heterocycles. The summed E-state index contributed by atoms with van der Waals surface area (Å²) in [7, 11) is 6.25. The molecule has 3 nitrogen and oxygen atoms in total. The summed E-state index contributed by atoms with van der Waals surface area (Å²) in [5.41, 5.74) is 3.81. The van der Waals surface area contributed by atoms with Crippen LogP contribution >= 0.6 is 11.8 Å². The van der Waals surface area contributed by atoms with Gasteiger partial charge < -0.3 is 15.0 Å². The Hall–Kier alpha value is -1.39. The number of ether oxygens (including phenoxy) is 1. The summed E-state index contributed by atoms with van der Waals surface area (Å²) < 4.78 is 6.15. The van der Waals surface area contributed by atoms with Gasteiger partial charge in [0.05, 0.1) is 12.6 Å². The van der Waals surface area contributed by atoms with Gasteiger partial charge in [0.1, 0.15) is 5.75 Å². The zero-order valence-electron chi connectivity index (χ0n) is 15.1. The first-order valence-electron chi connectivity index (χ1n) is 8.70. The maximum atomic E-state index is 6.15. The van der Waals surface area contributed by atoms with E-state index >= 15 is 0 Å². The van der Waals surface area contributed by atoms with Crippen LogP contribution in [-0.4, -0.2) is 44.9 Å². The molecule has 24 heavy (non-hydrogen) atoms. The largest absolute Gasteiger partial charge is 0.493 e. The zero-order valence-corrected chi connectivity index (χ0v) is 16.0. The highest BCUT2D eigenvalue weighted by atomic mass is 32.2. The number of nitrogens with zero attached hydrogens (tertiary/aromatic N) is 1. The lowest BCUT2D eigenvalue weighted by Crippen LogP contribution is -2.34. The Morgan fingerprint density at radius 1 is 1.29 bits per heavy atom. The van der Waals surface area contributed by atoms with E-state index in [1.807, 2.05) is 7.05 Å². The second-order valence-corrected chi connectivity index (χ2v) is 7.70. The molecule has 0 radical (unpaired) electrons. The highest BCUT2D eigenvalue weighted by molar-refractivity contribution is 7.98. The fourth-order valence-corrected chi connectivity index (χ4v) is 3.50. The number of benzene rings is 1. The molecule has 1 atom stereocenters. The molecule has 0 amide bonds. The topological polar surface area (TPSA) is 24.5 Å². The van der Waals surface area contributed by atoms with Crippen LogP contribution < -0.4 is 10.1 Å². The minimum Gasteiger partial charge on any atom is -0.493 e. The summed E-state index contributed by atoms with van der Waals surface area (Å²) in [5.74, 6) is 1.78. The van der Waals surface area contributed by atoms with E-state index in [2.05, 4.69) is 60.9 Å². The van der Waals surface area contributed by atoms with Gasteiger partial charge in [-0.25, -0.2) is 0 Å². The molecule has 0 spiro atoms. The van der Waals surface area contributed by atoms with Crippen molar-refractivity contribution in [3.05, 3.63) is 41.6 Å². The fraction of sp³-hybridized carbons (Fsp3) is 0.500. The first kappa shape index (κ1) is 17.4. The molecule has 1 aromatic rings. The molecule has 0 aromatic heterocycles. The second-order valence-electron chi connectivity index (χ2n) is 6.82. The lowest BCUT2D eigenvalue weighted by atomic mass is 9.93. The Bertz CT molecular complexity index is 647. The lowest BCUT2D eigenvalue weighted by molar-refractivity contribution is 0.299. The van der Waals surface area contributed by atoms with Gasteiger partial charge in [-0.05, 0) is 68.3 Å². The number of likely N-dealkylation sites (N-methyl/N-ethyl adjacent to an activating group) is 2. The van der Waals surface area contributed by atoms with Crippen molar-refractivity contribution in [3.63, 3.8) is 0 Å². The Morgan fingerprint density at radius 3 is 2.71 bits per heavy atom. The second kappa shape index (κ2) is 7.66. The Labute approximate surface area is 150 Å². The normalized spacial score (nSPS) is 20.4. The van der Waals surface area contributed by atoms with Crippen LogP contribution in [0.15, 0.2) is 40.9 Å². The predicted molar refractivity (Wildman–Crippen MR) is 104 cm³/mol. The molecule has 2 aliphatic rings. The van der Waals surface area contributed by atoms with E-state index in [9.17, 15) is 0 Å². The molecule has 1 N–H and O–H groups in total. The molecule has 1 aromatic carbocycles. The van der Waals surface area contributed by atoms with Crippen LogP contribution in [0.2, 0.25) is 0 Å². The summed E-state index contributed by atoms with van der Waals surface area (Å²) in [6, 6.07) is 6.94. The van der Waals surface area contributed by atoms with E-state index in [-0.39, 0.29) is 0 Å². The Balaban J connectivity index is 1.92. The molecule has 130 valence electrons. The monoisotopic (exact) mass is 344 g/mol. The third-order valence-electron chi connectivity index (χ3n) is 4.77. The maximum Gasteiger partial charge on any atom is 0.127 e. The van der Waals surface area contributed by atoms with Crippen LogP contribution in [0.25, 0.3) is 5.57 Å². The van der Waals surface area contributed by atoms with Crippen LogP contribution in [-0.2, 0) is 0 Å². The molecule has 0 aliphatic heterocycles. The highest BCUT2D eigenvalue weighted by Gasteiger charge is 2.24. The molecule has 1 fully saturated rings. The van der Waals surface area contributed by atoms with E-state index in [0.29, 0.717) is 6.04 Å². The van der Waals surface area contributed by atoms with Gasteiger partial charge in [-0.15, -0.1) is 11.8 Å². The van der Waals surface area contributed by atoms with Crippen LogP contribution in [0.4, 0.5) is 0 Å². The first-order chi connectivity index (χ1) is 11.6. The third kappa shape index (κ3) is 3.98. The Morgan fingerprint density at radius 2 is 2.08 bits per heavy atom. The van der Waals surface area contributed by atoms with Gasteiger partial charge in [0, 0.05) is 30.3 Å². The average molecular weight is 345 g/mol. The Kier molecular flexibility index (Phi) is 5.57. The number of rotatable bonds is 7. The van der Waals surface area contributed by atoms with Gasteiger partial charge in [0.25, 0.3) is 0 Å². The fourth-order valence-electron chi connectivity index (χ4n) is 3.06. The van der Waals surface area contributed by atoms with Crippen molar-refractivity contribution in [2.75, 3.05) is 34.0 Å². The molecular formula is C20H28N2OS. The summed E-state index contributed by atoms with van der Waals surface area (Å²) in [5, 5.41) is 3.40. The van der Waals surface area contributed by atoms with Crippen LogP contribution in [0.5, 0.6) is 5.75 Å². The van der Waals surface area contributed by atoms with Crippen LogP contribution in [0.1, 0.15) is 24.8 Å². The van der Waals surface area contributed by atoms with Gasteiger partial charge >= 0.3 is 0 Å². The number of allylic oxidation sites excluding steroid dienone is 2. The summed E-state index contributed by atoms with van der Waals surface area (Å²) >= 11 is 1.78. The summed E-state index contributed by atoms with van der Waals surface area (Å²) in [4.78, 5) is 3.48. The smallest absolute Gasteiger partial charge is 0.127 e. The average Bonchev–Trinajstić information content (AvgIpc) is 3.43. The lowest BCUT2D eigenvalue weighted by Gasteiger charge is -2.29. The highest BCUT2D eigenvalue weighted by Crippen LogP contribution is 2.36. The van der Waals surface area contributed by atoms with Crippen molar-refractivity contribution in [1.82, 2.24) is 10.2 Å². The quantitative estimate of drug-likeness (QED) is 0.755. The third-order valence-corrected chi connectivity index (χ3v) is 5.49. The van der Waals surface area contributed by atoms with Crippen molar-refractivity contribution >= 4 is 17.3 Å². The van der Waals surface area contributed by atoms with E-state index in [1.54, 1.807) is 11.8 Å². The summed E-state index contributed by atoms with van der Waals surface area (Å²) in [6.07, 6.45) is 10.4. The van der Waals surface area contributed by atoms with E-state index in [4.69, 9.17) is 4.74 Å². The van der Waals surface area contributed by atoms with E-state index in [0.717, 1.165) is 24.7 Å². The zero-order chi connectivity index (χ0) is 17.1. The summed E-state index contributed by atoms with van der Waals surface area (Å²) in [6.45, 7) is 0.849. The van der Waals surface area contributed by atoms with E-state index < -0.39 is 0 Å². The number of nitrogens with one attached hydrogen (secondary N) is 1. The molecule has 0 bridgehead atoms. The number of thioether (sulfide) groups is 1.